The van der Waals surface area contributed by atoms with Crippen LogP contribution in [0.3, 0.4) is 0 Å². The third kappa shape index (κ3) is 4.25. The van der Waals surface area contributed by atoms with Crippen LogP contribution < -0.4 is 10.5 Å². The van der Waals surface area contributed by atoms with Gasteiger partial charge in [-0.1, -0.05) is 54.6 Å². The highest BCUT2D eigenvalue weighted by Crippen LogP contribution is 2.20. The Morgan fingerprint density at radius 2 is 1.72 bits per heavy atom. The molecule has 0 unspecified atom stereocenters. The molecule has 3 rings (SSSR count). The lowest BCUT2D eigenvalue weighted by Crippen LogP contribution is -2.52. The molecular weight excluding hydrogens is 338 g/mol. The lowest BCUT2D eigenvalue weighted by Gasteiger charge is -2.29. The first-order valence-corrected chi connectivity index (χ1v) is 9.57. The van der Waals surface area contributed by atoms with Crippen molar-refractivity contribution in [1.29, 1.82) is 0 Å². The fraction of sp³-hybridized carbons (Fsp3) is 0.278. The number of amides is 1. The van der Waals surface area contributed by atoms with Crippen molar-refractivity contribution in [2.45, 2.75) is 25.4 Å². The second-order valence-electron chi connectivity index (χ2n) is 6.12. The number of carbonyl (C=O) groups is 1. The number of hydrogen-bond donors (Lipinski definition) is 2. The van der Waals surface area contributed by atoms with Crippen molar-refractivity contribution in [2.75, 3.05) is 6.54 Å². The smallest absolute Gasteiger partial charge is 0.280 e. The van der Waals surface area contributed by atoms with Crippen molar-refractivity contribution in [2.24, 2.45) is 5.73 Å². The molecule has 0 saturated carbocycles. The second-order valence-corrected chi connectivity index (χ2v) is 7.82. The Labute approximate surface area is 147 Å². The summed E-state index contributed by atoms with van der Waals surface area (Å²) in [6, 6.07) is 16.0. The molecular formula is C18H21N3O3S. The molecule has 7 heteroatoms. The minimum absolute atomic E-state index is 0.222. The van der Waals surface area contributed by atoms with Crippen molar-refractivity contribution in [3.05, 3.63) is 71.3 Å². The van der Waals surface area contributed by atoms with E-state index >= 15 is 0 Å². The molecule has 0 radical (unpaired) electrons. The molecule has 0 aliphatic carbocycles. The zero-order valence-corrected chi connectivity index (χ0v) is 14.6. The standard InChI is InChI=1S/C18H21N3O3S/c19-18(22)17(12-14-6-2-1-3-7-14)20-25(23,24)21-11-10-15-8-4-5-9-16(15)13-21/h1-9,17,20H,10-13H2,(H2,19,22)/t17-/m0/s1. The van der Waals surface area contributed by atoms with Gasteiger partial charge in [-0.2, -0.15) is 17.4 Å². The molecule has 1 heterocycles. The van der Waals surface area contributed by atoms with E-state index in [1.165, 1.54) is 4.31 Å². The van der Waals surface area contributed by atoms with Crippen LogP contribution in [0.4, 0.5) is 0 Å². The Morgan fingerprint density at radius 1 is 1.08 bits per heavy atom. The maximum atomic E-state index is 12.7. The maximum absolute atomic E-state index is 12.7. The number of fused-ring (bicyclic) bond motifs is 1. The lowest BCUT2D eigenvalue weighted by molar-refractivity contribution is -0.119. The zero-order chi connectivity index (χ0) is 17.9. The topological polar surface area (TPSA) is 92.5 Å². The van der Waals surface area contributed by atoms with Crippen LogP contribution in [0.15, 0.2) is 54.6 Å². The maximum Gasteiger partial charge on any atom is 0.280 e. The minimum atomic E-state index is -3.81. The molecule has 1 aliphatic rings. The predicted octanol–water partition coefficient (Wildman–Crippen LogP) is 0.976. The van der Waals surface area contributed by atoms with Crippen LogP contribution in [0.25, 0.3) is 0 Å². The summed E-state index contributed by atoms with van der Waals surface area (Å²) in [7, 11) is -3.81. The van der Waals surface area contributed by atoms with Gasteiger partial charge in [0.1, 0.15) is 6.04 Å². The number of carbonyl (C=O) groups excluding carboxylic acids is 1. The van der Waals surface area contributed by atoms with Crippen molar-refractivity contribution in [1.82, 2.24) is 9.03 Å². The van der Waals surface area contributed by atoms with Gasteiger partial charge in [0.25, 0.3) is 10.2 Å². The highest BCUT2D eigenvalue weighted by molar-refractivity contribution is 7.87. The highest BCUT2D eigenvalue weighted by Gasteiger charge is 2.30. The van der Waals surface area contributed by atoms with Crippen LogP contribution in [0.5, 0.6) is 0 Å². The quantitative estimate of drug-likeness (QED) is 0.805. The number of nitrogens with two attached hydrogens (primary N) is 1. The van der Waals surface area contributed by atoms with Gasteiger partial charge < -0.3 is 5.73 Å². The molecule has 2 aromatic carbocycles. The van der Waals surface area contributed by atoms with Gasteiger partial charge in [0.05, 0.1) is 0 Å². The Kier molecular flexibility index (Phi) is 5.17. The van der Waals surface area contributed by atoms with Gasteiger partial charge in [-0.05, 0) is 29.5 Å². The van der Waals surface area contributed by atoms with Crippen LogP contribution >= 0.6 is 0 Å². The van der Waals surface area contributed by atoms with Crippen molar-refractivity contribution < 1.29 is 13.2 Å². The average molecular weight is 359 g/mol. The Balaban J connectivity index is 1.74. The molecule has 1 atom stereocenters. The van der Waals surface area contributed by atoms with Gasteiger partial charge in [0.15, 0.2) is 0 Å². The van der Waals surface area contributed by atoms with Crippen LogP contribution in [-0.2, 0) is 34.4 Å². The number of rotatable bonds is 6. The molecule has 25 heavy (non-hydrogen) atoms. The third-order valence-electron chi connectivity index (χ3n) is 4.35. The fourth-order valence-corrected chi connectivity index (χ4v) is 4.33. The molecule has 0 aromatic heterocycles. The highest BCUT2D eigenvalue weighted by atomic mass is 32.2. The summed E-state index contributed by atoms with van der Waals surface area (Å²) in [6.45, 7) is 0.672. The molecule has 3 N–H and O–H groups in total. The van der Waals surface area contributed by atoms with Crippen molar-refractivity contribution >= 4 is 16.1 Å². The number of hydrogen-bond acceptors (Lipinski definition) is 3. The minimum Gasteiger partial charge on any atom is -0.368 e. The molecule has 1 amide bonds. The summed E-state index contributed by atoms with van der Waals surface area (Å²) >= 11 is 0. The van der Waals surface area contributed by atoms with Gasteiger partial charge in [-0.25, -0.2) is 0 Å². The Bertz CT molecular complexity index is 853. The van der Waals surface area contributed by atoms with Crippen LogP contribution in [-0.4, -0.2) is 31.2 Å². The lowest BCUT2D eigenvalue weighted by atomic mass is 10.0. The van der Waals surface area contributed by atoms with E-state index in [-0.39, 0.29) is 6.42 Å². The molecule has 0 saturated heterocycles. The molecule has 1 aliphatic heterocycles. The first-order valence-electron chi connectivity index (χ1n) is 8.13. The Hall–Kier alpha value is -2.22. The van der Waals surface area contributed by atoms with E-state index in [0.717, 1.165) is 16.7 Å². The molecule has 132 valence electrons. The van der Waals surface area contributed by atoms with Crippen LogP contribution in [0, 0.1) is 0 Å². The van der Waals surface area contributed by atoms with Gasteiger partial charge in [0.2, 0.25) is 5.91 Å². The largest absolute Gasteiger partial charge is 0.368 e. The second kappa shape index (κ2) is 7.35. The molecule has 6 nitrogen and oxygen atoms in total. The van der Waals surface area contributed by atoms with Gasteiger partial charge in [0, 0.05) is 13.1 Å². The van der Waals surface area contributed by atoms with E-state index in [1.54, 1.807) is 0 Å². The van der Waals surface area contributed by atoms with E-state index in [0.29, 0.717) is 19.5 Å². The summed E-state index contributed by atoms with van der Waals surface area (Å²) in [5.74, 6) is -0.690. The summed E-state index contributed by atoms with van der Waals surface area (Å²) in [5.41, 5.74) is 8.40. The van der Waals surface area contributed by atoms with Gasteiger partial charge in [-0.3, -0.25) is 4.79 Å². The normalized spacial score (nSPS) is 16.2. The molecule has 2 aromatic rings. The molecule has 0 spiro atoms. The van der Waals surface area contributed by atoms with Crippen molar-refractivity contribution in [3.63, 3.8) is 0 Å². The predicted molar refractivity (Wildman–Crippen MR) is 95.7 cm³/mol. The summed E-state index contributed by atoms with van der Waals surface area (Å²) in [4.78, 5) is 11.7. The number of benzene rings is 2. The molecule has 0 fully saturated rings. The van der Waals surface area contributed by atoms with E-state index in [4.69, 9.17) is 5.73 Å². The summed E-state index contributed by atoms with van der Waals surface area (Å²) in [6.07, 6.45) is 0.872. The number of nitrogens with one attached hydrogen (secondary N) is 1. The van der Waals surface area contributed by atoms with Gasteiger partial charge >= 0.3 is 0 Å². The van der Waals surface area contributed by atoms with E-state index in [1.807, 2.05) is 54.6 Å². The number of nitrogens with zero attached hydrogens (tertiary/aromatic N) is 1. The fourth-order valence-electron chi connectivity index (χ4n) is 2.98. The van der Waals surface area contributed by atoms with Crippen LogP contribution in [0.1, 0.15) is 16.7 Å². The van der Waals surface area contributed by atoms with E-state index in [9.17, 15) is 13.2 Å². The first-order chi connectivity index (χ1) is 12.0. The van der Waals surface area contributed by atoms with Crippen LogP contribution in [0.2, 0.25) is 0 Å². The third-order valence-corrected chi connectivity index (χ3v) is 5.93. The molecule has 0 bridgehead atoms. The summed E-state index contributed by atoms with van der Waals surface area (Å²) in [5, 5.41) is 0. The summed E-state index contributed by atoms with van der Waals surface area (Å²) < 4.78 is 29.2. The number of primary amides is 1. The monoisotopic (exact) mass is 359 g/mol. The Morgan fingerprint density at radius 3 is 2.40 bits per heavy atom. The average Bonchev–Trinajstić information content (AvgIpc) is 2.61. The van der Waals surface area contributed by atoms with Crippen molar-refractivity contribution in [3.8, 4) is 0 Å². The first kappa shape index (κ1) is 17.6. The van der Waals surface area contributed by atoms with E-state index in [2.05, 4.69) is 4.72 Å². The zero-order valence-electron chi connectivity index (χ0n) is 13.8. The van der Waals surface area contributed by atoms with Gasteiger partial charge in [-0.15, -0.1) is 0 Å². The SMILES string of the molecule is NC(=O)[C@H](Cc1ccccc1)NS(=O)(=O)N1CCc2ccccc2C1. The van der Waals surface area contributed by atoms with E-state index < -0.39 is 22.2 Å².